The maximum Gasteiger partial charge on any atom is 0.306 e. The van der Waals surface area contributed by atoms with E-state index in [1.807, 2.05) is 34.6 Å². The van der Waals surface area contributed by atoms with E-state index in [1.165, 1.54) is 0 Å². The highest BCUT2D eigenvalue weighted by molar-refractivity contribution is 6.30. The Morgan fingerprint density at radius 2 is 1.85 bits per heavy atom. The van der Waals surface area contributed by atoms with E-state index in [0.717, 1.165) is 16.3 Å². The van der Waals surface area contributed by atoms with Gasteiger partial charge in [-0.2, -0.15) is 0 Å². The third-order valence-corrected chi connectivity index (χ3v) is 3.79. The summed E-state index contributed by atoms with van der Waals surface area (Å²) in [5, 5.41) is 1.97. The van der Waals surface area contributed by atoms with Gasteiger partial charge in [-0.3, -0.25) is 4.79 Å². The van der Waals surface area contributed by atoms with Gasteiger partial charge in [0, 0.05) is 24.4 Å². The number of nitrogens with zero attached hydrogens (tertiary/aromatic N) is 2. The third kappa shape index (κ3) is 5.54. The molecule has 6 nitrogen and oxygen atoms in total. The topological polar surface area (TPSA) is 87.3 Å². The standard InChI is InChI=1S/C19H26ClN3O3/c1-18(2,3)26-16(24)7-6-8-25-17-13-10-22-15(20)9-12(13)14(11-23-17)19(4,5)21/h9-11H,6-8,21H2,1-5H3. The van der Waals surface area contributed by atoms with Crippen molar-refractivity contribution in [2.24, 2.45) is 5.73 Å². The molecule has 0 bridgehead atoms. The zero-order valence-electron chi connectivity index (χ0n) is 15.9. The highest BCUT2D eigenvalue weighted by atomic mass is 35.5. The fourth-order valence-corrected chi connectivity index (χ4v) is 2.65. The van der Waals surface area contributed by atoms with Crippen molar-refractivity contribution in [1.82, 2.24) is 9.97 Å². The van der Waals surface area contributed by atoms with Crippen molar-refractivity contribution in [1.29, 1.82) is 0 Å². The zero-order valence-corrected chi connectivity index (χ0v) is 16.7. The van der Waals surface area contributed by atoms with Gasteiger partial charge in [0.1, 0.15) is 10.8 Å². The van der Waals surface area contributed by atoms with Gasteiger partial charge in [0.05, 0.1) is 12.0 Å². The minimum Gasteiger partial charge on any atom is -0.477 e. The number of carbonyl (C=O) groups is 1. The smallest absolute Gasteiger partial charge is 0.306 e. The van der Waals surface area contributed by atoms with Crippen LogP contribution in [0.15, 0.2) is 18.5 Å². The molecule has 0 unspecified atom stereocenters. The summed E-state index contributed by atoms with van der Waals surface area (Å²) in [5.41, 5.74) is 6.03. The highest BCUT2D eigenvalue weighted by Crippen LogP contribution is 2.32. The van der Waals surface area contributed by atoms with Gasteiger partial charge >= 0.3 is 5.97 Å². The van der Waals surface area contributed by atoms with Gasteiger partial charge in [0.25, 0.3) is 0 Å². The van der Waals surface area contributed by atoms with Gasteiger partial charge in [-0.05, 0) is 58.1 Å². The first-order valence-electron chi connectivity index (χ1n) is 8.55. The predicted molar refractivity (Wildman–Crippen MR) is 102 cm³/mol. The van der Waals surface area contributed by atoms with Gasteiger partial charge in [-0.1, -0.05) is 11.6 Å². The Morgan fingerprint density at radius 3 is 2.46 bits per heavy atom. The number of nitrogens with two attached hydrogens (primary N) is 1. The monoisotopic (exact) mass is 379 g/mol. The van der Waals surface area contributed by atoms with Crippen molar-refractivity contribution in [2.75, 3.05) is 6.61 Å². The molecule has 0 atom stereocenters. The first kappa shape index (κ1) is 20.4. The van der Waals surface area contributed by atoms with E-state index < -0.39 is 11.1 Å². The quantitative estimate of drug-likeness (QED) is 0.464. The number of aromatic nitrogens is 2. The maximum absolute atomic E-state index is 11.7. The molecular weight excluding hydrogens is 354 g/mol. The van der Waals surface area contributed by atoms with Gasteiger partial charge in [0.15, 0.2) is 0 Å². The second-order valence-corrected chi connectivity index (χ2v) is 8.18. The summed E-state index contributed by atoms with van der Waals surface area (Å²) < 4.78 is 11.0. The number of pyridine rings is 2. The van der Waals surface area contributed by atoms with Crippen LogP contribution in [0.25, 0.3) is 10.8 Å². The number of hydrogen-bond donors (Lipinski definition) is 1. The molecule has 0 aliphatic heterocycles. The van der Waals surface area contributed by atoms with Crippen LogP contribution in [0.2, 0.25) is 5.15 Å². The summed E-state index contributed by atoms with van der Waals surface area (Å²) in [7, 11) is 0. The molecule has 142 valence electrons. The van der Waals surface area contributed by atoms with Crippen LogP contribution in [-0.2, 0) is 15.1 Å². The molecule has 0 saturated carbocycles. The molecule has 26 heavy (non-hydrogen) atoms. The fraction of sp³-hybridized carbons (Fsp3) is 0.526. The molecule has 7 heteroatoms. The molecule has 2 aromatic rings. The van der Waals surface area contributed by atoms with Crippen molar-refractivity contribution in [2.45, 2.75) is 58.6 Å². The highest BCUT2D eigenvalue weighted by Gasteiger charge is 2.21. The van der Waals surface area contributed by atoms with Crippen molar-refractivity contribution in [3.63, 3.8) is 0 Å². The van der Waals surface area contributed by atoms with Crippen LogP contribution < -0.4 is 10.5 Å². The molecule has 0 aliphatic carbocycles. The Bertz CT molecular complexity index is 795. The van der Waals surface area contributed by atoms with Gasteiger partial charge < -0.3 is 15.2 Å². The summed E-state index contributed by atoms with van der Waals surface area (Å²) >= 11 is 6.04. The number of rotatable bonds is 6. The van der Waals surface area contributed by atoms with E-state index in [1.54, 1.807) is 18.5 Å². The second kappa shape index (κ2) is 7.76. The molecular formula is C19H26ClN3O3. The first-order valence-corrected chi connectivity index (χ1v) is 8.93. The van der Waals surface area contributed by atoms with Crippen LogP contribution in [0, 0.1) is 0 Å². The summed E-state index contributed by atoms with van der Waals surface area (Å²) in [4.78, 5) is 20.2. The van der Waals surface area contributed by atoms with Crippen LogP contribution in [0.3, 0.4) is 0 Å². The van der Waals surface area contributed by atoms with Crippen molar-refractivity contribution >= 4 is 28.3 Å². The molecule has 0 radical (unpaired) electrons. The Balaban J connectivity index is 2.10. The lowest BCUT2D eigenvalue weighted by atomic mass is 9.93. The minimum absolute atomic E-state index is 0.243. The number of ether oxygens (including phenoxy) is 2. The molecule has 2 rings (SSSR count). The number of hydrogen-bond acceptors (Lipinski definition) is 6. The van der Waals surface area contributed by atoms with Crippen molar-refractivity contribution in [3.05, 3.63) is 29.2 Å². The Kier molecular flexibility index (Phi) is 6.09. The third-order valence-electron chi connectivity index (χ3n) is 3.58. The summed E-state index contributed by atoms with van der Waals surface area (Å²) in [6.45, 7) is 9.68. The number of carbonyl (C=O) groups excluding carboxylic acids is 1. The minimum atomic E-state index is -0.578. The zero-order chi connectivity index (χ0) is 19.5. The Hall–Kier alpha value is -1.92. The van der Waals surface area contributed by atoms with E-state index in [4.69, 9.17) is 26.8 Å². The van der Waals surface area contributed by atoms with Gasteiger partial charge in [-0.25, -0.2) is 9.97 Å². The lowest BCUT2D eigenvalue weighted by Crippen LogP contribution is -2.29. The molecule has 0 fully saturated rings. The van der Waals surface area contributed by atoms with Crippen LogP contribution in [0.5, 0.6) is 5.88 Å². The molecule has 0 spiro atoms. The molecule has 2 aromatic heterocycles. The average Bonchev–Trinajstić information content (AvgIpc) is 2.48. The molecule has 0 aliphatic rings. The summed E-state index contributed by atoms with van der Waals surface area (Å²) in [6, 6.07) is 1.76. The lowest BCUT2D eigenvalue weighted by molar-refractivity contribution is -0.155. The van der Waals surface area contributed by atoms with E-state index in [-0.39, 0.29) is 12.4 Å². The lowest BCUT2D eigenvalue weighted by Gasteiger charge is -2.22. The molecule has 2 N–H and O–H groups in total. The predicted octanol–water partition coefficient (Wildman–Crippen LogP) is 3.98. The number of halogens is 1. The SMILES string of the molecule is CC(C)(C)OC(=O)CCCOc1ncc(C(C)(C)N)c2cc(Cl)ncc12. The average molecular weight is 380 g/mol. The number of fused-ring (bicyclic) bond motifs is 1. The van der Waals surface area contributed by atoms with Crippen LogP contribution >= 0.6 is 11.6 Å². The Morgan fingerprint density at radius 1 is 1.15 bits per heavy atom. The normalized spacial score (nSPS) is 12.3. The van der Waals surface area contributed by atoms with Crippen LogP contribution in [0.4, 0.5) is 0 Å². The second-order valence-electron chi connectivity index (χ2n) is 7.79. The number of esters is 1. The molecule has 2 heterocycles. The van der Waals surface area contributed by atoms with Crippen molar-refractivity contribution in [3.8, 4) is 5.88 Å². The van der Waals surface area contributed by atoms with Gasteiger partial charge in [0.2, 0.25) is 5.88 Å². The molecule has 0 aromatic carbocycles. The first-order chi connectivity index (χ1) is 12.0. The van der Waals surface area contributed by atoms with Crippen LogP contribution in [-0.4, -0.2) is 28.1 Å². The van der Waals surface area contributed by atoms with Crippen LogP contribution in [0.1, 0.15) is 53.0 Å². The maximum atomic E-state index is 11.7. The molecule has 0 saturated heterocycles. The molecule has 0 amide bonds. The van der Waals surface area contributed by atoms with E-state index >= 15 is 0 Å². The Labute approximate surface area is 159 Å². The summed E-state index contributed by atoms with van der Waals surface area (Å²) in [5.74, 6) is 0.203. The summed E-state index contributed by atoms with van der Waals surface area (Å²) in [6.07, 6.45) is 4.14. The fourth-order valence-electron chi connectivity index (χ4n) is 2.49. The van der Waals surface area contributed by atoms with E-state index in [9.17, 15) is 4.79 Å². The largest absolute Gasteiger partial charge is 0.477 e. The van der Waals surface area contributed by atoms with E-state index in [0.29, 0.717) is 24.1 Å². The van der Waals surface area contributed by atoms with Crippen molar-refractivity contribution < 1.29 is 14.3 Å². The van der Waals surface area contributed by atoms with E-state index in [2.05, 4.69) is 9.97 Å². The van der Waals surface area contributed by atoms with Gasteiger partial charge in [-0.15, -0.1) is 0 Å².